The summed E-state index contributed by atoms with van der Waals surface area (Å²) in [5.74, 6) is -1.96. The Balaban J connectivity index is 2.03. The van der Waals surface area contributed by atoms with E-state index in [1.807, 2.05) is 0 Å². The highest BCUT2D eigenvalue weighted by atomic mass is 19.1. The molecule has 0 aromatic heterocycles. The Hall–Kier alpha value is -2.20. The molecule has 0 atom stereocenters. The van der Waals surface area contributed by atoms with Crippen LogP contribution >= 0.6 is 0 Å². The van der Waals surface area contributed by atoms with Gasteiger partial charge in [-0.15, -0.1) is 0 Å². The van der Waals surface area contributed by atoms with Crippen molar-refractivity contribution in [3.05, 3.63) is 29.3 Å². The molecule has 136 valence electrons. The van der Waals surface area contributed by atoms with Gasteiger partial charge >= 0.3 is 5.97 Å². The van der Waals surface area contributed by atoms with Crippen molar-refractivity contribution >= 4 is 11.7 Å². The highest BCUT2D eigenvalue weighted by Crippen LogP contribution is 2.31. The number of aliphatic hydroxyl groups is 1. The standard InChI is InChI=1S/C18H22F2N2O3/c1-17(2,3)25-16(23)10-18(24)4-6-22(7-5-18)15-9-13(19)12(11-21)8-14(15)20/h8-9,24H,4-7,10H2,1-3H3. The van der Waals surface area contributed by atoms with Crippen LogP contribution in [0, 0.1) is 23.0 Å². The number of anilines is 1. The van der Waals surface area contributed by atoms with Crippen molar-refractivity contribution < 1.29 is 23.4 Å². The van der Waals surface area contributed by atoms with Crippen molar-refractivity contribution in [1.29, 1.82) is 5.26 Å². The first-order valence-electron chi connectivity index (χ1n) is 8.11. The summed E-state index contributed by atoms with van der Waals surface area (Å²) >= 11 is 0. The molecule has 0 spiro atoms. The largest absolute Gasteiger partial charge is 0.460 e. The number of ether oxygens (including phenoxy) is 1. The number of carbonyl (C=O) groups is 1. The van der Waals surface area contributed by atoms with E-state index >= 15 is 0 Å². The van der Waals surface area contributed by atoms with Gasteiger partial charge in [0.2, 0.25) is 0 Å². The molecule has 0 amide bonds. The number of carbonyl (C=O) groups excluding carboxylic acids is 1. The maximum Gasteiger partial charge on any atom is 0.309 e. The fourth-order valence-electron chi connectivity index (χ4n) is 2.85. The second-order valence-corrected chi connectivity index (χ2v) is 7.37. The number of esters is 1. The second-order valence-electron chi connectivity index (χ2n) is 7.37. The molecule has 5 nitrogen and oxygen atoms in total. The highest BCUT2D eigenvalue weighted by molar-refractivity contribution is 5.71. The summed E-state index contributed by atoms with van der Waals surface area (Å²) in [7, 11) is 0. The summed E-state index contributed by atoms with van der Waals surface area (Å²) in [4.78, 5) is 13.5. The van der Waals surface area contributed by atoms with Gasteiger partial charge in [-0.05, 0) is 39.7 Å². The van der Waals surface area contributed by atoms with E-state index in [-0.39, 0.29) is 43.6 Å². The van der Waals surface area contributed by atoms with E-state index in [4.69, 9.17) is 10.00 Å². The maximum atomic E-state index is 14.1. The molecule has 0 radical (unpaired) electrons. The summed E-state index contributed by atoms with van der Waals surface area (Å²) in [6.45, 7) is 5.78. The normalized spacial score (nSPS) is 17.1. The minimum atomic E-state index is -1.22. The molecule has 1 aliphatic rings. The van der Waals surface area contributed by atoms with Gasteiger partial charge in [0, 0.05) is 19.2 Å². The molecular formula is C18H22F2N2O3. The minimum absolute atomic E-state index is 0.0517. The number of benzene rings is 1. The van der Waals surface area contributed by atoms with Crippen LogP contribution in [0.1, 0.15) is 45.6 Å². The van der Waals surface area contributed by atoms with Crippen molar-refractivity contribution in [3.63, 3.8) is 0 Å². The van der Waals surface area contributed by atoms with Gasteiger partial charge < -0.3 is 14.7 Å². The Bertz CT molecular complexity index is 699. The zero-order valence-corrected chi connectivity index (χ0v) is 14.6. The molecule has 1 heterocycles. The van der Waals surface area contributed by atoms with E-state index in [2.05, 4.69) is 0 Å². The lowest BCUT2D eigenvalue weighted by molar-refractivity contribution is -0.161. The predicted molar refractivity (Wildman–Crippen MR) is 87.9 cm³/mol. The van der Waals surface area contributed by atoms with Gasteiger partial charge in [-0.25, -0.2) is 8.78 Å². The molecule has 0 saturated carbocycles. The van der Waals surface area contributed by atoms with E-state index in [1.165, 1.54) is 0 Å². The first-order chi connectivity index (χ1) is 11.5. The lowest BCUT2D eigenvalue weighted by Crippen LogP contribution is -2.46. The molecular weight excluding hydrogens is 330 g/mol. The van der Waals surface area contributed by atoms with Gasteiger partial charge in [-0.3, -0.25) is 4.79 Å². The van der Waals surface area contributed by atoms with E-state index in [0.29, 0.717) is 0 Å². The molecule has 0 aliphatic carbocycles. The Morgan fingerprint density at radius 3 is 2.44 bits per heavy atom. The van der Waals surface area contributed by atoms with Gasteiger partial charge in [0.1, 0.15) is 23.3 Å². The topological polar surface area (TPSA) is 73.6 Å². The molecule has 2 rings (SSSR count). The van der Waals surface area contributed by atoms with Crippen LogP contribution in [0.2, 0.25) is 0 Å². The van der Waals surface area contributed by atoms with E-state index in [9.17, 15) is 18.7 Å². The maximum absolute atomic E-state index is 14.1. The molecule has 25 heavy (non-hydrogen) atoms. The summed E-state index contributed by atoms with van der Waals surface area (Å²) in [6, 6.07) is 3.45. The smallest absolute Gasteiger partial charge is 0.309 e. The number of hydrogen-bond acceptors (Lipinski definition) is 5. The third kappa shape index (κ3) is 4.89. The van der Waals surface area contributed by atoms with Crippen LogP contribution in [0.3, 0.4) is 0 Å². The van der Waals surface area contributed by atoms with E-state index in [0.717, 1.165) is 12.1 Å². The number of nitrogens with zero attached hydrogens (tertiary/aromatic N) is 2. The molecule has 0 unspecified atom stereocenters. The van der Waals surface area contributed by atoms with Crippen molar-refractivity contribution in [2.45, 2.75) is 51.2 Å². The Labute approximate surface area is 145 Å². The minimum Gasteiger partial charge on any atom is -0.460 e. The Morgan fingerprint density at radius 2 is 1.92 bits per heavy atom. The zero-order valence-electron chi connectivity index (χ0n) is 14.6. The van der Waals surface area contributed by atoms with Crippen molar-refractivity contribution in [2.75, 3.05) is 18.0 Å². The zero-order chi connectivity index (χ0) is 18.8. The fraction of sp³-hybridized carbons (Fsp3) is 0.556. The first-order valence-corrected chi connectivity index (χ1v) is 8.11. The molecule has 1 N–H and O–H groups in total. The van der Waals surface area contributed by atoms with E-state index in [1.54, 1.807) is 31.7 Å². The quantitative estimate of drug-likeness (QED) is 0.847. The molecule has 1 saturated heterocycles. The summed E-state index contributed by atoms with van der Waals surface area (Å²) < 4.78 is 33.1. The molecule has 1 aromatic rings. The molecule has 1 aromatic carbocycles. The van der Waals surface area contributed by atoms with Crippen LogP contribution < -0.4 is 4.90 Å². The number of hydrogen-bond donors (Lipinski definition) is 1. The van der Waals surface area contributed by atoms with Gasteiger partial charge in [0.25, 0.3) is 0 Å². The average Bonchev–Trinajstić information content (AvgIpc) is 2.47. The van der Waals surface area contributed by atoms with Crippen molar-refractivity contribution in [2.24, 2.45) is 0 Å². The summed E-state index contributed by atoms with van der Waals surface area (Å²) in [5, 5.41) is 19.3. The van der Waals surface area contributed by atoms with Crippen LogP contribution in [-0.4, -0.2) is 35.4 Å². The Morgan fingerprint density at radius 1 is 1.32 bits per heavy atom. The molecule has 1 fully saturated rings. The van der Waals surface area contributed by atoms with Gasteiger partial charge in [0.05, 0.1) is 23.3 Å². The van der Waals surface area contributed by atoms with E-state index < -0.39 is 28.8 Å². The van der Waals surface area contributed by atoms with Crippen LogP contribution in [-0.2, 0) is 9.53 Å². The van der Waals surface area contributed by atoms with Gasteiger partial charge in [-0.2, -0.15) is 5.26 Å². The molecule has 0 bridgehead atoms. The SMILES string of the molecule is CC(C)(C)OC(=O)CC1(O)CCN(c2cc(F)c(C#N)cc2F)CC1. The average molecular weight is 352 g/mol. The molecule has 7 heteroatoms. The van der Waals surface area contributed by atoms with Crippen molar-refractivity contribution in [3.8, 4) is 6.07 Å². The van der Waals surface area contributed by atoms with Crippen LogP contribution in [0.4, 0.5) is 14.5 Å². The number of rotatable bonds is 3. The first kappa shape index (κ1) is 19.1. The molecule has 1 aliphatic heterocycles. The predicted octanol–water partition coefficient (Wildman–Crippen LogP) is 2.90. The number of nitriles is 1. The third-order valence-electron chi connectivity index (χ3n) is 4.09. The van der Waals surface area contributed by atoms with Crippen molar-refractivity contribution in [1.82, 2.24) is 0 Å². The van der Waals surface area contributed by atoms with Crippen LogP contribution in [0.15, 0.2) is 12.1 Å². The number of piperidine rings is 1. The second kappa shape index (κ2) is 6.96. The third-order valence-corrected chi connectivity index (χ3v) is 4.09. The van der Waals surface area contributed by atoms with Gasteiger partial charge in [-0.1, -0.05) is 0 Å². The summed E-state index contributed by atoms with van der Waals surface area (Å²) in [5.41, 5.74) is -2.15. The Kier molecular flexibility index (Phi) is 5.33. The highest BCUT2D eigenvalue weighted by Gasteiger charge is 2.36. The number of halogens is 2. The fourth-order valence-corrected chi connectivity index (χ4v) is 2.85. The monoisotopic (exact) mass is 352 g/mol. The lowest BCUT2D eigenvalue weighted by atomic mass is 9.88. The lowest BCUT2D eigenvalue weighted by Gasteiger charge is -2.39. The van der Waals surface area contributed by atoms with Crippen LogP contribution in [0.5, 0.6) is 0 Å². The van der Waals surface area contributed by atoms with Gasteiger partial charge in [0.15, 0.2) is 0 Å². The van der Waals surface area contributed by atoms with Crippen LogP contribution in [0.25, 0.3) is 0 Å². The summed E-state index contributed by atoms with van der Waals surface area (Å²) in [6.07, 6.45) is 0.322.